The van der Waals surface area contributed by atoms with Crippen LogP contribution in [0.3, 0.4) is 0 Å². The largest absolute Gasteiger partial charge is 0.329 e. The first-order chi connectivity index (χ1) is 9.04. The highest BCUT2D eigenvalue weighted by molar-refractivity contribution is 9.10. The maximum absolute atomic E-state index is 5.94. The highest BCUT2D eigenvalue weighted by atomic mass is 79.9. The second-order valence-corrected chi connectivity index (χ2v) is 6.02. The van der Waals surface area contributed by atoms with Gasteiger partial charge in [0, 0.05) is 10.7 Å². The summed E-state index contributed by atoms with van der Waals surface area (Å²) >= 11 is 14.8. The molecule has 0 saturated carbocycles. The Kier molecular flexibility index (Phi) is 3.20. The Bertz CT molecular complexity index is 817. The molecule has 0 unspecified atom stereocenters. The average Bonchev–Trinajstić information content (AvgIpc) is 2.62. The van der Waals surface area contributed by atoms with E-state index in [1.807, 2.05) is 29.7 Å². The van der Waals surface area contributed by atoms with E-state index in [9.17, 15) is 0 Å². The molecule has 3 aromatic rings. The molecule has 0 saturated heterocycles. The number of benzene rings is 1. The van der Waals surface area contributed by atoms with Crippen LogP contribution in [0.5, 0.6) is 0 Å². The van der Waals surface area contributed by atoms with Crippen LogP contribution in [0.2, 0.25) is 5.02 Å². The van der Waals surface area contributed by atoms with E-state index < -0.39 is 0 Å². The van der Waals surface area contributed by atoms with Gasteiger partial charge >= 0.3 is 0 Å². The number of H-pyrrole nitrogens is 1. The number of hydrogen-bond donors (Lipinski definition) is 1. The van der Waals surface area contributed by atoms with Gasteiger partial charge in [0.05, 0.1) is 16.2 Å². The lowest BCUT2D eigenvalue weighted by Crippen LogP contribution is -1.96. The van der Waals surface area contributed by atoms with Crippen molar-refractivity contribution in [1.82, 2.24) is 14.5 Å². The van der Waals surface area contributed by atoms with Crippen LogP contribution < -0.4 is 0 Å². The van der Waals surface area contributed by atoms with Crippen LogP contribution in [-0.4, -0.2) is 14.5 Å². The molecule has 0 spiro atoms. The number of nitrogens with zero attached hydrogens (tertiary/aromatic N) is 2. The van der Waals surface area contributed by atoms with Crippen molar-refractivity contribution in [3.05, 3.63) is 50.3 Å². The van der Waals surface area contributed by atoms with E-state index in [1.54, 1.807) is 6.20 Å². The van der Waals surface area contributed by atoms with Crippen LogP contribution in [0.4, 0.5) is 0 Å². The van der Waals surface area contributed by atoms with E-state index in [2.05, 4.69) is 32.0 Å². The van der Waals surface area contributed by atoms with Crippen LogP contribution in [0.25, 0.3) is 16.9 Å². The monoisotopic (exact) mass is 353 g/mol. The summed E-state index contributed by atoms with van der Waals surface area (Å²) in [6, 6.07) is 7.93. The van der Waals surface area contributed by atoms with Gasteiger partial charge in [-0.1, -0.05) is 27.5 Å². The standard InChI is InChI=1S/C13H9BrClN3S/c1-7-2-8(14)4-10(3-7)18-12-11(17-13(18)19)5-9(15)6-16-12/h2-6H,1H3,(H,17,19). The third-order valence-electron chi connectivity index (χ3n) is 2.77. The number of halogens is 2. The van der Waals surface area contributed by atoms with E-state index >= 15 is 0 Å². The summed E-state index contributed by atoms with van der Waals surface area (Å²) in [6.45, 7) is 2.04. The molecule has 0 bridgehead atoms. The normalized spacial score (nSPS) is 11.1. The van der Waals surface area contributed by atoms with E-state index in [4.69, 9.17) is 23.8 Å². The van der Waals surface area contributed by atoms with Gasteiger partial charge in [-0.05, 0) is 49.0 Å². The maximum Gasteiger partial charge on any atom is 0.183 e. The summed E-state index contributed by atoms with van der Waals surface area (Å²) < 4.78 is 3.51. The highest BCUT2D eigenvalue weighted by Gasteiger charge is 2.09. The van der Waals surface area contributed by atoms with Crippen LogP contribution in [-0.2, 0) is 0 Å². The molecule has 19 heavy (non-hydrogen) atoms. The molecular formula is C13H9BrClN3S. The van der Waals surface area contributed by atoms with Gasteiger partial charge in [0.25, 0.3) is 0 Å². The van der Waals surface area contributed by atoms with E-state index in [0.29, 0.717) is 9.79 Å². The lowest BCUT2D eigenvalue weighted by atomic mass is 10.2. The van der Waals surface area contributed by atoms with Crippen LogP contribution in [0.15, 0.2) is 34.9 Å². The Morgan fingerprint density at radius 1 is 1.32 bits per heavy atom. The quantitative estimate of drug-likeness (QED) is 0.636. The molecular weight excluding hydrogens is 346 g/mol. The van der Waals surface area contributed by atoms with Crippen molar-refractivity contribution in [2.24, 2.45) is 0 Å². The van der Waals surface area contributed by atoms with Crippen molar-refractivity contribution in [2.45, 2.75) is 6.92 Å². The summed E-state index contributed by atoms with van der Waals surface area (Å²) in [5, 5.41) is 0.585. The highest BCUT2D eigenvalue weighted by Crippen LogP contribution is 2.23. The molecule has 2 aromatic heterocycles. The van der Waals surface area contributed by atoms with Crippen molar-refractivity contribution in [2.75, 3.05) is 0 Å². The average molecular weight is 355 g/mol. The minimum Gasteiger partial charge on any atom is -0.329 e. The number of aryl methyl sites for hydroxylation is 1. The Balaban J connectivity index is 2.36. The van der Waals surface area contributed by atoms with Crippen molar-refractivity contribution in [3.63, 3.8) is 0 Å². The van der Waals surface area contributed by atoms with Gasteiger partial charge < -0.3 is 4.98 Å². The fraction of sp³-hybridized carbons (Fsp3) is 0.0769. The first-order valence-electron chi connectivity index (χ1n) is 5.58. The number of fused-ring (bicyclic) bond motifs is 1. The first kappa shape index (κ1) is 12.8. The molecule has 0 aliphatic heterocycles. The molecule has 1 aromatic carbocycles. The van der Waals surface area contributed by atoms with E-state index in [1.165, 1.54) is 0 Å². The fourth-order valence-corrected chi connectivity index (χ4v) is 3.11. The minimum atomic E-state index is 0.585. The molecule has 0 atom stereocenters. The molecule has 6 heteroatoms. The smallest absolute Gasteiger partial charge is 0.183 e. The molecule has 0 aliphatic rings. The lowest BCUT2D eigenvalue weighted by molar-refractivity contribution is 1.04. The molecule has 3 nitrogen and oxygen atoms in total. The third kappa shape index (κ3) is 2.33. The zero-order valence-corrected chi connectivity index (χ0v) is 13.1. The minimum absolute atomic E-state index is 0.585. The molecule has 1 N–H and O–H groups in total. The predicted octanol–water partition coefficient (Wildman–Crippen LogP) is 4.81. The van der Waals surface area contributed by atoms with Crippen LogP contribution in [0.1, 0.15) is 5.56 Å². The van der Waals surface area contributed by atoms with Crippen molar-refractivity contribution < 1.29 is 0 Å². The number of pyridine rings is 1. The molecule has 0 amide bonds. The van der Waals surface area contributed by atoms with Crippen molar-refractivity contribution >= 4 is 50.9 Å². The van der Waals surface area contributed by atoms with Gasteiger partial charge in [0.1, 0.15) is 0 Å². The zero-order valence-electron chi connectivity index (χ0n) is 9.95. The van der Waals surface area contributed by atoms with Gasteiger partial charge in [0.2, 0.25) is 0 Å². The van der Waals surface area contributed by atoms with Crippen molar-refractivity contribution in [3.8, 4) is 5.69 Å². The van der Waals surface area contributed by atoms with Gasteiger partial charge in [0.15, 0.2) is 10.4 Å². The summed E-state index contributed by atoms with van der Waals surface area (Å²) in [5.74, 6) is 0. The summed E-state index contributed by atoms with van der Waals surface area (Å²) in [7, 11) is 0. The number of aromatic nitrogens is 3. The third-order valence-corrected chi connectivity index (χ3v) is 3.72. The summed E-state index contributed by atoms with van der Waals surface area (Å²) in [5.41, 5.74) is 3.72. The predicted molar refractivity (Wildman–Crippen MR) is 83.7 cm³/mol. The topological polar surface area (TPSA) is 33.6 Å². The number of aromatic amines is 1. The molecule has 96 valence electrons. The van der Waals surface area contributed by atoms with E-state index in [0.717, 1.165) is 26.9 Å². The molecule has 0 aliphatic carbocycles. The molecule has 2 heterocycles. The zero-order chi connectivity index (χ0) is 13.6. The Morgan fingerprint density at radius 2 is 2.11 bits per heavy atom. The number of rotatable bonds is 1. The van der Waals surface area contributed by atoms with Crippen LogP contribution in [0, 0.1) is 11.7 Å². The number of hydrogen-bond acceptors (Lipinski definition) is 2. The number of imidazole rings is 1. The SMILES string of the molecule is Cc1cc(Br)cc(-n2c(=S)[nH]c3cc(Cl)cnc32)c1. The van der Waals surface area contributed by atoms with Gasteiger partial charge in [-0.25, -0.2) is 4.98 Å². The second kappa shape index (κ2) is 4.74. The molecule has 0 radical (unpaired) electrons. The summed E-state index contributed by atoms with van der Waals surface area (Å²) in [6.07, 6.45) is 1.62. The molecule has 0 fully saturated rings. The first-order valence-corrected chi connectivity index (χ1v) is 7.16. The van der Waals surface area contributed by atoms with Crippen molar-refractivity contribution in [1.29, 1.82) is 0 Å². The van der Waals surface area contributed by atoms with Gasteiger partial charge in [-0.2, -0.15) is 0 Å². The second-order valence-electron chi connectivity index (χ2n) is 4.28. The molecule has 3 rings (SSSR count). The Morgan fingerprint density at radius 3 is 2.84 bits per heavy atom. The van der Waals surface area contributed by atoms with Gasteiger partial charge in [-0.15, -0.1) is 0 Å². The van der Waals surface area contributed by atoms with E-state index in [-0.39, 0.29) is 0 Å². The Labute approximate surface area is 128 Å². The lowest BCUT2D eigenvalue weighted by Gasteiger charge is -2.06. The summed E-state index contributed by atoms with van der Waals surface area (Å²) in [4.78, 5) is 7.48. The maximum atomic E-state index is 5.94. The van der Waals surface area contributed by atoms with Crippen LogP contribution >= 0.6 is 39.7 Å². The van der Waals surface area contributed by atoms with Gasteiger partial charge in [-0.3, -0.25) is 4.57 Å². The Hall–Kier alpha value is -1.17. The number of nitrogens with one attached hydrogen (secondary N) is 1. The fourth-order valence-electron chi connectivity index (χ4n) is 2.06.